The molecule has 0 aliphatic heterocycles. The fourth-order valence-corrected chi connectivity index (χ4v) is 3.13. The van der Waals surface area contributed by atoms with E-state index >= 15 is 0 Å². The first-order valence-corrected chi connectivity index (χ1v) is 9.74. The van der Waals surface area contributed by atoms with Crippen molar-refractivity contribution in [3.8, 4) is 0 Å². The molecule has 0 fully saturated rings. The summed E-state index contributed by atoms with van der Waals surface area (Å²) < 4.78 is 68.7. The molecule has 32 heavy (non-hydrogen) atoms. The maximum Gasteiger partial charge on any atom is 0.261 e. The van der Waals surface area contributed by atoms with Gasteiger partial charge in [-0.25, -0.2) is 8.42 Å². The molecular weight excluding hydrogens is 676 g/mol. The molecule has 0 aliphatic rings. The van der Waals surface area contributed by atoms with Gasteiger partial charge in [0.2, 0.25) is 5.91 Å². The summed E-state index contributed by atoms with van der Waals surface area (Å²) in [7, 11) is -3.24. The number of rotatable bonds is 6. The molecule has 2 aromatic rings. The van der Waals surface area contributed by atoms with Crippen molar-refractivity contribution < 1.29 is 85.1 Å². The van der Waals surface area contributed by atoms with Gasteiger partial charge in [-0.2, -0.15) is 0 Å². The van der Waals surface area contributed by atoms with Gasteiger partial charge in [0.1, 0.15) is 0 Å². The molecule has 2 atom stereocenters. The minimum absolute atomic E-state index is 0. The smallest absolute Gasteiger partial charge is 0.261 e. The van der Waals surface area contributed by atoms with Gasteiger partial charge in [-0.3, -0.25) is 13.9 Å². The van der Waals surface area contributed by atoms with Gasteiger partial charge in [-0.05, 0) is 49.7 Å². The quantitative estimate of drug-likeness (QED) is 0.376. The molecule has 0 saturated heterocycles. The number of amides is 1. The summed E-state index contributed by atoms with van der Waals surface area (Å²) in [4.78, 5) is 12.1. The number of carbonyl (C=O) groups excluding carboxylic acids is 1. The van der Waals surface area contributed by atoms with Crippen LogP contribution in [0.3, 0.4) is 0 Å². The van der Waals surface area contributed by atoms with Crippen molar-refractivity contribution in [1.82, 2.24) is 0 Å². The van der Waals surface area contributed by atoms with Crippen LogP contribution in [0.5, 0.6) is 0 Å². The Hall–Kier alpha value is -1.33. The van der Waals surface area contributed by atoms with Gasteiger partial charge in [0.05, 0.1) is 17.8 Å². The SMILES string of the molecule is CF.Cc1ccc(NS(=O)(=O)c2ccccc2)cc1NC(=O)[C@@H]([NH-])[C@@H](C)O.FF.FF.[Ac]. The van der Waals surface area contributed by atoms with Gasteiger partial charge in [0.15, 0.2) is 0 Å². The number of nitrogens with one attached hydrogen (secondary N) is 3. The van der Waals surface area contributed by atoms with Crippen LogP contribution in [0.25, 0.3) is 5.73 Å². The number of aliphatic hydroxyl groups is 1. The molecule has 0 aromatic heterocycles. The van der Waals surface area contributed by atoms with E-state index in [-0.39, 0.29) is 54.6 Å². The van der Waals surface area contributed by atoms with Crippen LogP contribution in [0.15, 0.2) is 53.4 Å². The standard InChI is InChI=1S/C17H20N3O4S.CH3F.Ac.2F2/c1-11-8-9-13(10-15(11)19-17(22)16(18)12(2)21)20-25(23,24)14-6-4-3-5-7-14;1-2;;2*1-2/h3-10,12,16,18,20-21H,1-2H3,(H,19,22);1H3;;;/q-1;;;;/t12-,16+;;;;/m1..../s1. The largest absolute Gasteiger partial charge is 0.665 e. The molecule has 0 aliphatic carbocycles. The molecule has 0 spiro atoms. The summed E-state index contributed by atoms with van der Waals surface area (Å²) in [5.74, 6) is -0.666. The van der Waals surface area contributed by atoms with Gasteiger partial charge in [-0.15, -0.1) is 0 Å². The van der Waals surface area contributed by atoms with Crippen molar-refractivity contribution in [1.29, 1.82) is 0 Å². The van der Waals surface area contributed by atoms with E-state index in [1.165, 1.54) is 25.1 Å². The van der Waals surface area contributed by atoms with E-state index in [1.54, 1.807) is 37.3 Å². The maximum absolute atomic E-state index is 12.4. The zero-order valence-electron chi connectivity index (χ0n) is 17.3. The number of aryl methyl sites for hydroxylation is 1. The van der Waals surface area contributed by atoms with Crippen LogP contribution in [0.2, 0.25) is 0 Å². The first-order chi connectivity index (χ1) is 14.7. The van der Waals surface area contributed by atoms with Crippen molar-refractivity contribution in [2.24, 2.45) is 0 Å². The normalized spacial score (nSPS) is 11.3. The van der Waals surface area contributed by atoms with Gasteiger partial charge in [-0.1, -0.05) is 24.3 Å². The van der Waals surface area contributed by atoms with E-state index in [1.807, 2.05) is 0 Å². The summed E-state index contributed by atoms with van der Waals surface area (Å²) in [6, 6.07) is 11.3. The van der Waals surface area contributed by atoms with E-state index in [9.17, 15) is 22.7 Å². The Labute approximate surface area is 218 Å². The molecule has 0 heterocycles. The fraction of sp³-hybridized carbons (Fsp3) is 0.278. The van der Waals surface area contributed by atoms with Crippen LogP contribution in [0.1, 0.15) is 12.5 Å². The van der Waals surface area contributed by atoms with Crippen LogP contribution >= 0.6 is 0 Å². The maximum atomic E-state index is 12.4. The first-order valence-electron chi connectivity index (χ1n) is 8.25. The van der Waals surface area contributed by atoms with Crippen molar-refractivity contribution >= 4 is 27.3 Å². The second kappa shape index (κ2) is 19.2. The Morgan fingerprint density at radius 1 is 1.03 bits per heavy atom. The summed E-state index contributed by atoms with van der Waals surface area (Å²) >= 11 is 0. The monoisotopic (exact) mass is 699 g/mol. The number of sulfonamides is 1. The van der Waals surface area contributed by atoms with Crippen molar-refractivity contribution in [3.63, 3.8) is 0 Å². The third-order valence-corrected chi connectivity index (χ3v) is 4.96. The molecule has 7 nitrogen and oxygen atoms in total. The van der Waals surface area contributed by atoms with Crippen LogP contribution in [0.4, 0.5) is 34.1 Å². The van der Waals surface area contributed by atoms with Gasteiger partial charge < -0.3 is 16.2 Å². The molecule has 2 aromatic carbocycles. The van der Waals surface area contributed by atoms with Gasteiger partial charge in [0, 0.05) is 74.2 Å². The number of hydrogen-bond acceptors (Lipinski definition) is 4. The minimum atomic E-state index is -3.74. The number of halogens is 5. The third kappa shape index (κ3) is 12.1. The van der Waals surface area contributed by atoms with Crippen LogP contribution < -0.4 is 10.0 Å². The number of anilines is 2. The number of hydrogen-bond donors (Lipinski definition) is 3. The fourth-order valence-electron chi connectivity index (χ4n) is 2.06. The summed E-state index contributed by atoms with van der Waals surface area (Å²) in [6.07, 6.45) is -1.11. The zero-order chi connectivity index (χ0) is 24.6. The van der Waals surface area contributed by atoms with Crippen molar-refractivity contribution in [2.45, 2.75) is 30.9 Å². The van der Waals surface area contributed by atoms with E-state index < -0.39 is 28.1 Å². The molecule has 2 rings (SSSR count). The minimum Gasteiger partial charge on any atom is -0.665 e. The van der Waals surface area contributed by atoms with Crippen molar-refractivity contribution in [3.05, 3.63) is 59.8 Å². The number of carbonyl (C=O) groups is 1. The van der Waals surface area contributed by atoms with Crippen LogP contribution in [0, 0.1) is 51.0 Å². The molecule has 179 valence electrons. The second-order valence-electron chi connectivity index (χ2n) is 5.66. The predicted molar refractivity (Wildman–Crippen MR) is 108 cm³/mol. The first kappa shape index (κ1) is 35.3. The van der Waals surface area contributed by atoms with E-state index in [0.717, 1.165) is 0 Å². The Morgan fingerprint density at radius 2 is 1.53 bits per heavy atom. The van der Waals surface area contributed by atoms with Crippen molar-refractivity contribution in [2.75, 3.05) is 17.2 Å². The Kier molecular flexibility index (Phi) is 21.1. The van der Waals surface area contributed by atoms with Crippen LogP contribution in [-0.2, 0) is 14.8 Å². The Balaban J connectivity index is -0.00000111. The molecule has 14 heteroatoms. The molecule has 0 saturated carbocycles. The predicted octanol–water partition coefficient (Wildman–Crippen LogP) is 4.80. The topological polar surface area (TPSA) is 119 Å². The van der Waals surface area contributed by atoms with E-state index in [4.69, 9.17) is 24.0 Å². The average molecular weight is 699 g/mol. The number of benzene rings is 2. The Morgan fingerprint density at radius 3 is 2.00 bits per heavy atom. The molecule has 0 unspecified atom stereocenters. The second-order valence-corrected chi connectivity index (χ2v) is 7.34. The van der Waals surface area contributed by atoms with E-state index in [2.05, 4.69) is 10.0 Å². The summed E-state index contributed by atoms with van der Waals surface area (Å²) in [5, 5.41) is 11.9. The van der Waals surface area contributed by atoms with Gasteiger partial charge >= 0.3 is 0 Å². The summed E-state index contributed by atoms with van der Waals surface area (Å²) in [6.45, 7) is 3.10. The number of aliphatic hydroxyl groups excluding tert-OH is 1. The third-order valence-electron chi connectivity index (χ3n) is 3.57. The zero-order valence-corrected chi connectivity index (χ0v) is 22.9. The van der Waals surface area contributed by atoms with Crippen LogP contribution in [-0.4, -0.2) is 38.8 Å². The number of alkyl halides is 1. The molecule has 4 N–H and O–H groups in total. The molecule has 1 radical (unpaired) electrons. The molecule has 1 amide bonds. The average Bonchev–Trinajstić information content (AvgIpc) is 2.80. The summed E-state index contributed by atoms with van der Waals surface area (Å²) in [5.41, 5.74) is 8.94. The molecular formula is C18H23AcF5N3O4S-. The van der Waals surface area contributed by atoms with Gasteiger partial charge in [0.25, 0.3) is 10.0 Å². The molecule has 0 bridgehead atoms. The Bertz CT molecular complexity index is 878. The van der Waals surface area contributed by atoms with E-state index in [0.29, 0.717) is 18.4 Å².